The van der Waals surface area contributed by atoms with Gasteiger partial charge in [0.05, 0.1) is 11.5 Å². The van der Waals surface area contributed by atoms with Crippen LogP contribution in [0.25, 0.3) is 0 Å². The van der Waals surface area contributed by atoms with E-state index in [2.05, 4.69) is 0 Å². The van der Waals surface area contributed by atoms with Gasteiger partial charge in [0.15, 0.2) is 0 Å². The van der Waals surface area contributed by atoms with Crippen LogP contribution >= 0.6 is 0 Å². The van der Waals surface area contributed by atoms with Crippen molar-refractivity contribution in [3.05, 3.63) is 39.9 Å². The fourth-order valence-electron chi connectivity index (χ4n) is 2.34. The van der Waals surface area contributed by atoms with E-state index in [0.29, 0.717) is 5.56 Å². The quantitative estimate of drug-likeness (QED) is 0.474. The molecule has 20 heavy (non-hydrogen) atoms. The Labute approximate surface area is 114 Å². The fraction of sp³-hybridized carbons (Fsp3) is 0.385. The Morgan fingerprint density at radius 1 is 1.30 bits per heavy atom. The molecule has 0 radical (unpaired) electrons. The van der Waals surface area contributed by atoms with Crippen molar-refractivity contribution >= 4 is 17.6 Å². The summed E-state index contributed by atoms with van der Waals surface area (Å²) in [5.41, 5.74) is 0.541. The number of imide groups is 1. The standard InChI is InChI=1S/C13H13N3O4/c17-12-8-14(10-4-5-10)13(18)15(12)7-9-2-1-3-11(6-9)16(19)20/h1-3,6,10H,4-5,7-8H2. The number of carbonyl (C=O) groups excluding carboxylic acids is 2. The molecule has 1 aliphatic heterocycles. The van der Waals surface area contributed by atoms with Gasteiger partial charge in [-0.2, -0.15) is 0 Å². The summed E-state index contributed by atoms with van der Waals surface area (Å²) in [4.78, 5) is 37.0. The molecular formula is C13H13N3O4. The van der Waals surface area contributed by atoms with Gasteiger partial charge in [-0.1, -0.05) is 12.1 Å². The molecule has 1 aliphatic carbocycles. The lowest BCUT2D eigenvalue weighted by molar-refractivity contribution is -0.384. The highest BCUT2D eigenvalue weighted by atomic mass is 16.6. The first-order valence-electron chi connectivity index (χ1n) is 6.40. The van der Waals surface area contributed by atoms with Gasteiger partial charge in [0.1, 0.15) is 6.54 Å². The zero-order valence-electron chi connectivity index (χ0n) is 10.7. The Bertz CT molecular complexity index is 597. The van der Waals surface area contributed by atoms with Crippen LogP contribution in [0.2, 0.25) is 0 Å². The third-order valence-electron chi connectivity index (χ3n) is 3.53. The number of urea groups is 1. The Balaban J connectivity index is 1.77. The first kappa shape index (κ1) is 12.6. The lowest BCUT2D eigenvalue weighted by Crippen LogP contribution is -2.33. The zero-order valence-corrected chi connectivity index (χ0v) is 10.7. The minimum atomic E-state index is -0.492. The largest absolute Gasteiger partial charge is 0.327 e. The summed E-state index contributed by atoms with van der Waals surface area (Å²) in [7, 11) is 0. The molecule has 104 valence electrons. The van der Waals surface area contributed by atoms with E-state index in [0.717, 1.165) is 17.7 Å². The highest BCUT2D eigenvalue weighted by molar-refractivity contribution is 6.02. The number of nitro benzene ring substituents is 1. The van der Waals surface area contributed by atoms with Crippen LogP contribution < -0.4 is 0 Å². The Morgan fingerprint density at radius 2 is 2.05 bits per heavy atom. The normalized spacial score (nSPS) is 18.8. The van der Waals surface area contributed by atoms with Gasteiger partial charge >= 0.3 is 6.03 Å². The van der Waals surface area contributed by atoms with Crippen molar-refractivity contribution in [2.75, 3.05) is 6.54 Å². The molecule has 1 aromatic rings. The first-order valence-corrected chi connectivity index (χ1v) is 6.40. The minimum Gasteiger partial charge on any atom is -0.312 e. The molecule has 0 N–H and O–H groups in total. The second-order valence-electron chi connectivity index (χ2n) is 5.05. The predicted octanol–water partition coefficient (Wildman–Crippen LogP) is 1.52. The molecule has 3 rings (SSSR count). The SMILES string of the molecule is O=C1CN(C2CC2)C(=O)N1Cc1cccc([N+](=O)[O-])c1. The Kier molecular flexibility index (Phi) is 2.89. The van der Waals surface area contributed by atoms with Crippen molar-refractivity contribution in [2.24, 2.45) is 0 Å². The molecule has 0 atom stereocenters. The lowest BCUT2D eigenvalue weighted by Gasteiger charge is -2.16. The molecule has 0 spiro atoms. The zero-order chi connectivity index (χ0) is 14.3. The number of hydrogen-bond acceptors (Lipinski definition) is 4. The molecule has 1 saturated carbocycles. The van der Waals surface area contributed by atoms with Crippen LogP contribution in [-0.4, -0.2) is 39.2 Å². The van der Waals surface area contributed by atoms with E-state index in [1.165, 1.54) is 12.1 Å². The van der Waals surface area contributed by atoms with Gasteiger partial charge in [0.2, 0.25) is 0 Å². The van der Waals surface area contributed by atoms with Crippen LogP contribution in [-0.2, 0) is 11.3 Å². The van der Waals surface area contributed by atoms with Gasteiger partial charge in [-0.15, -0.1) is 0 Å². The molecule has 0 bridgehead atoms. The Morgan fingerprint density at radius 3 is 2.70 bits per heavy atom. The van der Waals surface area contributed by atoms with E-state index in [-0.39, 0.29) is 36.8 Å². The van der Waals surface area contributed by atoms with E-state index in [1.807, 2.05) is 0 Å². The summed E-state index contributed by atoms with van der Waals surface area (Å²) in [6.07, 6.45) is 1.90. The topological polar surface area (TPSA) is 83.8 Å². The number of benzene rings is 1. The monoisotopic (exact) mass is 275 g/mol. The van der Waals surface area contributed by atoms with Gasteiger partial charge in [-0.3, -0.25) is 19.8 Å². The van der Waals surface area contributed by atoms with Crippen LogP contribution in [0.4, 0.5) is 10.5 Å². The second-order valence-corrected chi connectivity index (χ2v) is 5.05. The second kappa shape index (κ2) is 4.59. The molecule has 1 saturated heterocycles. The summed E-state index contributed by atoms with van der Waals surface area (Å²) in [6, 6.07) is 5.91. The smallest absolute Gasteiger partial charge is 0.312 e. The molecule has 1 heterocycles. The molecular weight excluding hydrogens is 262 g/mol. The number of carbonyl (C=O) groups is 2. The molecule has 0 unspecified atom stereocenters. The van der Waals surface area contributed by atoms with E-state index in [9.17, 15) is 19.7 Å². The van der Waals surface area contributed by atoms with E-state index in [4.69, 9.17) is 0 Å². The van der Waals surface area contributed by atoms with Gasteiger partial charge in [0, 0.05) is 18.2 Å². The molecule has 3 amide bonds. The van der Waals surface area contributed by atoms with Crippen molar-refractivity contribution in [3.63, 3.8) is 0 Å². The summed E-state index contributed by atoms with van der Waals surface area (Å²) in [6.45, 7) is 0.209. The predicted molar refractivity (Wildman–Crippen MR) is 68.8 cm³/mol. The Hall–Kier alpha value is -2.44. The minimum absolute atomic E-state index is 0.0411. The third kappa shape index (κ3) is 2.22. The van der Waals surface area contributed by atoms with Crippen molar-refractivity contribution in [2.45, 2.75) is 25.4 Å². The third-order valence-corrected chi connectivity index (χ3v) is 3.53. The molecule has 1 aromatic carbocycles. The van der Waals surface area contributed by atoms with Crippen LogP contribution in [0.5, 0.6) is 0 Å². The summed E-state index contributed by atoms with van der Waals surface area (Å²) < 4.78 is 0. The van der Waals surface area contributed by atoms with Crippen molar-refractivity contribution < 1.29 is 14.5 Å². The number of amides is 3. The number of nitrogens with zero attached hydrogens (tertiary/aromatic N) is 3. The number of non-ortho nitro benzene ring substituents is 1. The average Bonchev–Trinajstić information content (AvgIpc) is 3.22. The molecule has 0 aromatic heterocycles. The van der Waals surface area contributed by atoms with Crippen LogP contribution in [0.3, 0.4) is 0 Å². The highest BCUT2D eigenvalue weighted by Crippen LogP contribution is 2.31. The van der Waals surface area contributed by atoms with Gasteiger partial charge in [-0.05, 0) is 18.4 Å². The van der Waals surface area contributed by atoms with Gasteiger partial charge in [0.25, 0.3) is 11.6 Å². The maximum atomic E-state index is 12.1. The lowest BCUT2D eigenvalue weighted by atomic mass is 10.2. The number of nitro groups is 1. The molecule has 7 heteroatoms. The van der Waals surface area contributed by atoms with Crippen LogP contribution in [0.15, 0.2) is 24.3 Å². The van der Waals surface area contributed by atoms with Gasteiger partial charge < -0.3 is 4.90 Å². The fourth-order valence-corrected chi connectivity index (χ4v) is 2.34. The van der Waals surface area contributed by atoms with Crippen molar-refractivity contribution in [1.82, 2.24) is 9.80 Å². The summed E-state index contributed by atoms with van der Waals surface area (Å²) >= 11 is 0. The molecule has 2 fully saturated rings. The van der Waals surface area contributed by atoms with Crippen molar-refractivity contribution in [3.8, 4) is 0 Å². The highest BCUT2D eigenvalue weighted by Gasteiger charge is 2.43. The molecule has 7 nitrogen and oxygen atoms in total. The number of rotatable bonds is 4. The first-order chi connectivity index (χ1) is 9.56. The van der Waals surface area contributed by atoms with Gasteiger partial charge in [-0.25, -0.2) is 4.79 Å². The van der Waals surface area contributed by atoms with E-state index < -0.39 is 4.92 Å². The maximum absolute atomic E-state index is 12.1. The summed E-state index contributed by atoms with van der Waals surface area (Å²) in [5, 5.41) is 10.7. The van der Waals surface area contributed by atoms with E-state index in [1.54, 1.807) is 17.0 Å². The number of hydrogen-bond donors (Lipinski definition) is 0. The maximum Gasteiger partial charge on any atom is 0.327 e. The van der Waals surface area contributed by atoms with Crippen molar-refractivity contribution in [1.29, 1.82) is 0 Å². The van der Waals surface area contributed by atoms with Crippen LogP contribution in [0.1, 0.15) is 18.4 Å². The molecule has 2 aliphatic rings. The van der Waals surface area contributed by atoms with E-state index >= 15 is 0 Å². The van der Waals surface area contributed by atoms with Crippen LogP contribution in [0, 0.1) is 10.1 Å². The average molecular weight is 275 g/mol. The summed E-state index contributed by atoms with van der Waals surface area (Å²) in [5.74, 6) is -0.242.